The van der Waals surface area contributed by atoms with E-state index >= 15 is 0 Å². The van der Waals surface area contributed by atoms with Gasteiger partial charge in [-0.1, -0.05) is 42.5 Å². The van der Waals surface area contributed by atoms with Crippen molar-refractivity contribution in [3.63, 3.8) is 0 Å². The normalized spacial score (nSPS) is 30.5. The molecule has 2 aromatic carbocycles. The molecular formula is C20H18N2O3. The number of nitriles is 1. The summed E-state index contributed by atoms with van der Waals surface area (Å²) in [5.41, 5.74) is 1.61. The van der Waals surface area contributed by atoms with Crippen molar-refractivity contribution < 1.29 is 14.3 Å². The Hall–Kier alpha value is -2.68. The van der Waals surface area contributed by atoms with Gasteiger partial charge >= 0.3 is 0 Å². The number of amides is 1. The van der Waals surface area contributed by atoms with Gasteiger partial charge in [-0.3, -0.25) is 9.69 Å². The van der Waals surface area contributed by atoms with Crippen molar-refractivity contribution in [2.45, 2.75) is 30.8 Å². The lowest BCUT2D eigenvalue weighted by atomic mass is 9.82. The van der Waals surface area contributed by atoms with E-state index in [2.05, 4.69) is 6.07 Å². The number of anilines is 1. The maximum absolute atomic E-state index is 12.6. The van der Waals surface area contributed by atoms with Crippen LogP contribution in [0.1, 0.15) is 24.2 Å². The number of benzene rings is 2. The van der Waals surface area contributed by atoms with Crippen LogP contribution < -0.4 is 4.90 Å². The molecular weight excluding hydrogens is 316 g/mol. The number of ether oxygens (including phenoxy) is 2. The molecule has 0 radical (unpaired) electrons. The highest BCUT2D eigenvalue weighted by Gasteiger charge is 2.69. The molecule has 4 atom stereocenters. The van der Waals surface area contributed by atoms with Gasteiger partial charge < -0.3 is 9.47 Å². The minimum atomic E-state index is -0.564. The monoisotopic (exact) mass is 334 g/mol. The van der Waals surface area contributed by atoms with Gasteiger partial charge in [0.2, 0.25) is 0 Å². The second kappa shape index (κ2) is 5.69. The number of carbonyl (C=O) groups is 1. The highest BCUT2D eigenvalue weighted by Crippen LogP contribution is 2.57. The number of hydrogen-bond acceptors (Lipinski definition) is 4. The molecule has 0 spiro atoms. The van der Waals surface area contributed by atoms with Crippen LogP contribution in [0, 0.1) is 11.3 Å². The van der Waals surface area contributed by atoms with Crippen molar-refractivity contribution in [3.05, 3.63) is 65.7 Å². The average molecular weight is 334 g/mol. The lowest BCUT2D eigenvalue weighted by Crippen LogP contribution is -2.71. The predicted octanol–water partition coefficient (Wildman–Crippen LogP) is 2.82. The second-order valence-electron chi connectivity index (χ2n) is 6.53. The zero-order valence-electron chi connectivity index (χ0n) is 14.0. The maximum Gasteiger partial charge on any atom is 0.258 e. The van der Waals surface area contributed by atoms with Gasteiger partial charge in [0.05, 0.1) is 11.3 Å². The molecule has 5 nitrogen and oxygen atoms in total. The van der Waals surface area contributed by atoms with E-state index in [4.69, 9.17) is 9.47 Å². The van der Waals surface area contributed by atoms with Crippen molar-refractivity contribution in [1.82, 2.24) is 0 Å². The van der Waals surface area contributed by atoms with Crippen LogP contribution in [0.25, 0.3) is 0 Å². The first-order valence-electron chi connectivity index (χ1n) is 8.19. The summed E-state index contributed by atoms with van der Waals surface area (Å²) in [5.74, 6) is -0.140. The molecule has 2 heterocycles. The topological polar surface area (TPSA) is 65.9 Å². The van der Waals surface area contributed by atoms with Gasteiger partial charge in [-0.15, -0.1) is 0 Å². The number of epoxide rings is 1. The molecule has 0 saturated carbocycles. The zero-order valence-corrected chi connectivity index (χ0v) is 14.0. The molecule has 2 unspecified atom stereocenters. The van der Waals surface area contributed by atoms with E-state index in [0.717, 1.165) is 5.56 Å². The highest BCUT2D eigenvalue weighted by atomic mass is 16.6. The van der Waals surface area contributed by atoms with Gasteiger partial charge in [-0.25, -0.2) is 0 Å². The van der Waals surface area contributed by atoms with E-state index in [1.54, 1.807) is 23.1 Å². The summed E-state index contributed by atoms with van der Waals surface area (Å²) in [7, 11) is 1.53. The summed E-state index contributed by atoms with van der Waals surface area (Å²) in [5, 5.41) is 9.38. The minimum Gasteiger partial charge on any atom is -0.369 e. The molecule has 1 amide bonds. The van der Waals surface area contributed by atoms with Crippen LogP contribution in [-0.2, 0) is 14.3 Å². The maximum atomic E-state index is 12.6. The zero-order chi connectivity index (χ0) is 17.6. The molecule has 2 fully saturated rings. The molecule has 2 aliphatic heterocycles. The van der Waals surface area contributed by atoms with Crippen molar-refractivity contribution >= 4 is 11.6 Å². The summed E-state index contributed by atoms with van der Waals surface area (Å²) in [6.45, 7) is 2.00. The first-order valence-corrected chi connectivity index (χ1v) is 8.19. The number of para-hydroxylation sites is 1. The van der Waals surface area contributed by atoms with Gasteiger partial charge in [0.1, 0.15) is 23.8 Å². The Bertz CT molecular complexity index is 861. The third-order valence-corrected chi connectivity index (χ3v) is 5.11. The van der Waals surface area contributed by atoms with Crippen LogP contribution in [0.5, 0.6) is 0 Å². The quantitative estimate of drug-likeness (QED) is 0.637. The van der Waals surface area contributed by atoms with Gasteiger partial charge in [0.25, 0.3) is 5.91 Å². The fraction of sp³-hybridized carbons (Fsp3) is 0.300. The SMILES string of the molecule is CO[C@@H]1C(=O)N(c2ccccc2C#N)[C@@H]1C1(C)OC1c1ccccc1. The number of methoxy groups -OCH3 is 1. The Balaban J connectivity index is 1.70. The Morgan fingerprint density at radius 2 is 1.84 bits per heavy atom. The second-order valence-corrected chi connectivity index (χ2v) is 6.53. The Morgan fingerprint density at radius 3 is 2.52 bits per heavy atom. The Kier molecular flexibility index (Phi) is 3.60. The van der Waals surface area contributed by atoms with E-state index in [0.29, 0.717) is 11.3 Å². The molecule has 2 aliphatic rings. The van der Waals surface area contributed by atoms with Crippen molar-refractivity contribution in [2.24, 2.45) is 0 Å². The molecule has 2 aromatic rings. The van der Waals surface area contributed by atoms with Crippen molar-refractivity contribution in [1.29, 1.82) is 5.26 Å². The smallest absolute Gasteiger partial charge is 0.258 e. The molecule has 4 rings (SSSR count). The third-order valence-electron chi connectivity index (χ3n) is 5.11. The van der Waals surface area contributed by atoms with Crippen LogP contribution in [-0.4, -0.2) is 30.8 Å². The first kappa shape index (κ1) is 15.8. The number of hydrogen-bond donors (Lipinski definition) is 0. The predicted molar refractivity (Wildman–Crippen MR) is 91.9 cm³/mol. The summed E-state index contributed by atoms with van der Waals surface area (Å²) in [6.07, 6.45) is -0.661. The number of nitrogens with zero attached hydrogens (tertiary/aromatic N) is 2. The van der Waals surface area contributed by atoms with Gasteiger partial charge in [0.15, 0.2) is 6.10 Å². The number of carbonyl (C=O) groups excluding carboxylic acids is 1. The molecule has 0 aromatic heterocycles. The van der Waals surface area contributed by atoms with Gasteiger partial charge in [0, 0.05) is 7.11 Å². The average Bonchev–Trinajstić information content (AvgIpc) is 3.33. The lowest BCUT2D eigenvalue weighted by molar-refractivity contribution is -0.142. The largest absolute Gasteiger partial charge is 0.369 e. The molecule has 25 heavy (non-hydrogen) atoms. The van der Waals surface area contributed by atoms with Crippen LogP contribution >= 0.6 is 0 Å². The standard InChI is InChI=1S/C20H18N2O3/c1-20(18(25-20)13-8-4-3-5-9-13)17-16(24-2)19(23)22(17)15-11-7-6-10-14(15)12-21/h3-11,16-18H,1-2H3/t16-,17-,18?,20?/m0/s1. The highest BCUT2D eigenvalue weighted by molar-refractivity contribution is 6.06. The molecule has 2 saturated heterocycles. The molecule has 0 bridgehead atoms. The van der Waals surface area contributed by atoms with Crippen molar-refractivity contribution in [2.75, 3.05) is 12.0 Å². The van der Waals surface area contributed by atoms with E-state index in [-0.39, 0.29) is 18.1 Å². The summed E-state index contributed by atoms with van der Waals surface area (Å²) >= 11 is 0. The van der Waals surface area contributed by atoms with Crippen LogP contribution in [0.15, 0.2) is 54.6 Å². The van der Waals surface area contributed by atoms with Gasteiger partial charge in [-0.05, 0) is 24.6 Å². The third kappa shape index (κ3) is 2.26. The summed E-state index contributed by atoms with van der Waals surface area (Å²) < 4.78 is 11.5. The van der Waals surface area contributed by atoms with E-state index in [1.807, 2.05) is 43.3 Å². The molecule has 126 valence electrons. The Labute approximate surface area is 146 Å². The minimum absolute atomic E-state index is 0.0961. The fourth-order valence-corrected chi connectivity index (χ4v) is 3.77. The van der Waals surface area contributed by atoms with E-state index in [1.165, 1.54) is 7.11 Å². The lowest BCUT2D eigenvalue weighted by Gasteiger charge is -2.48. The van der Waals surface area contributed by atoms with Crippen molar-refractivity contribution in [3.8, 4) is 6.07 Å². The molecule has 0 aliphatic carbocycles. The van der Waals surface area contributed by atoms with E-state index in [9.17, 15) is 10.1 Å². The fourth-order valence-electron chi connectivity index (χ4n) is 3.77. The molecule has 5 heteroatoms. The van der Waals surface area contributed by atoms with Crippen LogP contribution in [0.4, 0.5) is 5.69 Å². The number of rotatable bonds is 4. The van der Waals surface area contributed by atoms with E-state index < -0.39 is 11.7 Å². The summed E-state index contributed by atoms with van der Waals surface area (Å²) in [4.78, 5) is 14.3. The van der Waals surface area contributed by atoms with Crippen LogP contribution in [0.2, 0.25) is 0 Å². The molecule has 0 N–H and O–H groups in total. The summed E-state index contributed by atoms with van der Waals surface area (Å²) in [6, 6.07) is 18.9. The first-order chi connectivity index (χ1) is 12.1. The number of β-lactam (4-membered cyclic amide) rings is 1. The van der Waals surface area contributed by atoms with Crippen LogP contribution in [0.3, 0.4) is 0 Å². The Morgan fingerprint density at radius 1 is 1.16 bits per heavy atom. The van der Waals surface area contributed by atoms with Gasteiger partial charge in [-0.2, -0.15) is 5.26 Å².